The quantitative estimate of drug-likeness (QED) is 0.764. The summed E-state index contributed by atoms with van der Waals surface area (Å²) in [7, 11) is 0. The van der Waals surface area contributed by atoms with E-state index in [0.717, 1.165) is 18.6 Å². The lowest BCUT2D eigenvalue weighted by atomic mass is 10.2. The topological polar surface area (TPSA) is 29.5 Å². The van der Waals surface area contributed by atoms with Crippen LogP contribution in [-0.2, 0) is 0 Å². The first-order valence-electron chi connectivity index (χ1n) is 4.75. The fraction of sp³-hybridized carbons (Fsp3) is 0.455. The predicted molar refractivity (Wildman–Crippen MR) is 57.9 cm³/mol. The second kappa shape index (κ2) is 5.89. The second-order valence-electron chi connectivity index (χ2n) is 3.29. The summed E-state index contributed by atoms with van der Waals surface area (Å²) < 4.78 is 5.44. The maximum Gasteiger partial charge on any atom is 0.119 e. The zero-order valence-electron chi connectivity index (χ0n) is 8.24. The van der Waals surface area contributed by atoms with E-state index in [1.165, 1.54) is 0 Å². The average molecular weight is 215 g/mol. The summed E-state index contributed by atoms with van der Waals surface area (Å²) in [5.74, 6) is 0.819. The Labute approximate surface area is 89.5 Å². The van der Waals surface area contributed by atoms with E-state index in [-0.39, 0.29) is 6.10 Å². The maximum atomic E-state index is 9.01. The molecule has 0 radical (unpaired) electrons. The van der Waals surface area contributed by atoms with Crippen LogP contribution in [-0.4, -0.2) is 17.8 Å². The maximum absolute atomic E-state index is 9.01. The van der Waals surface area contributed by atoms with E-state index in [1.807, 2.05) is 12.1 Å². The minimum absolute atomic E-state index is 0.246. The number of halogens is 1. The monoisotopic (exact) mass is 214 g/mol. The van der Waals surface area contributed by atoms with Crippen LogP contribution in [0.2, 0.25) is 5.02 Å². The van der Waals surface area contributed by atoms with Crippen molar-refractivity contribution in [3.63, 3.8) is 0 Å². The molecule has 0 aliphatic rings. The molecule has 0 aliphatic heterocycles. The van der Waals surface area contributed by atoms with Crippen LogP contribution in [0.1, 0.15) is 19.8 Å². The van der Waals surface area contributed by atoms with Gasteiger partial charge in [0.25, 0.3) is 0 Å². The minimum Gasteiger partial charge on any atom is -0.494 e. The zero-order chi connectivity index (χ0) is 10.4. The third kappa shape index (κ3) is 4.49. The Morgan fingerprint density at radius 2 is 2.00 bits per heavy atom. The highest BCUT2D eigenvalue weighted by atomic mass is 35.5. The Balaban J connectivity index is 2.21. The van der Waals surface area contributed by atoms with Gasteiger partial charge >= 0.3 is 0 Å². The lowest BCUT2D eigenvalue weighted by Gasteiger charge is -2.06. The van der Waals surface area contributed by atoms with Crippen molar-refractivity contribution in [2.45, 2.75) is 25.9 Å². The lowest BCUT2D eigenvalue weighted by Crippen LogP contribution is -2.04. The molecule has 0 bridgehead atoms. The van der Waals surface area contributed by atoms with E-state index in [0.29, 0.717) is 11.6 Å². The average Bonchev–Trinajstić information content (AvgIpc) is 2.15. The summed E-state index contributed by atoms with van der Waals surface area (Å²) in [5, 5.41) is 9.72. The summed E-state index contributed by atoms with van der Waals surface area (Å²) >= 11 is 5.73. The third-order valence-electron chi connectivity index (χ3n) is 1.85. The molecule has 0 aromatic heterocycles. The van der Waals surface area contributed by atoms with Crippen LogP contribution in [0.3, 0.4) is 0 Å². The van der Waals surface area contributed by atoms with Crippen LogP contribution < -0.4 is 4.74 Å². The van der Waals surface area contributed by atoms with Crippen molar-refractivity contribution in [3.8, 4) is 5.75 Å². The van der Waals surface area contributed by atoms with E-state index >= 15 is 0 Å². The molecule has 0 aliphatic carbocycles. The third-order valence-corrected chi connectivity index (χ3v) is 2.10. The van der Waals surface area contributed by atoms with Gasteiger partial charge in [0.15, 0.2) is 0 Å². The van der Waals surface area contributed by atoms with Crippen LogP contribution in [0, 0.1) is 0 Å². The molecule has 0 saturated carbocycles. The molecule has 0 spiro atoms. The molecule has 3 heteroatoms. The molecule has 0 saturated heterocycles. The highest BCUT2D eigenvalue weighted by molar-refractivity contribution is 6.30. The van der Waals surface area contributed by atoms with Gasteiger partial charge in [0.05, 0.1) is 12.7 Å². The second-order valence-corrected chi connectivity index (χ2v) is 3.73. The molecule has 1 rings (SSSR count). The van der Waals surface area contributed by atoms with Gasteiger partial charge in [0, 0.05) is 5.02 Å². The van der Waals surface area contributed by atoms with Gasteiger partial charge in [0.1, 0.15) is 5.75 Å². The number of aliphatic hydroxyl groups excluding tert-OH is 1. The van der Waals surface area contributed by atoms with Crippen molar-refractivity contribution in [2.24, 2.45) is 0 Å². The predicted octanol–water partition coefficient (Wildman–Crippen LogP) is 2.88. The molecule has 1 N–H and O–H groups in total. The Morgan fingerprint density at radius 3 is 2.57 bits per heavy atom. The molecule has 0 heterocycles. The minimum atomic E-state index is -0.246. The summed E-state index contributed by atoms with van der Waals surface area (Å²) in [6.45, 7) is 2.41. The molecule has 1 aromatic rings. The number of ether oxygens (including phenoxy) is 1. The van der Waals surface area contributed by atoms with E-state index in [1.54, 1.807) is 19.1 Å². The molecule has 0 fully saturated rings. The Hall–Kier alpha value is -0.730. The molecule has 1 atom stereocenters. The molecule has 1 unspecified atom stereocenters. The number of hydrogen-bond donors (Lipinski definition) is 1. The first kappa shape index (κ1) is 11.3. The smallest absolute Gasteiger partial charge is 0.119 e. The largest absolute Gasteiger partial charge is 0.494 e. The van der Waals surface area contributed by atoms with Gasteiger partial charge in [-0.3, -0.25) is 0 Å². The van der Waals surface area contributed by atoms with Gasteiger partial charge in [0.2, 0.25) is 0 Å². The molecule has 78 valence electrons. The Kier molecular flexibility index (Phi) is 4.77. The van der Waals surface area contributed by atoms with Crippen LogP contribution in [0.5, 0.6) is 5.75 Å². The summed E-state index contributed by atoms with van der Waals surface area (Å²) in [5.41, 5.74) is 0. The van der Waals surface area contributed by atoms with Crippen LogP contribution in [0.15, 0.2) is 24.3 Å². The summed E-state index contributed by atoms with van der Waals surface area (Å²) in [6, 6.07) is 7.27. The Morgan fingerprint density at radius 1 is 1.36 bits per heavy atom. The molecule has 14 heavy (non-hydrogen) atoms. The molecule has 1 aromatic carbocycles. The molecular formula is C11H15ClO2. The van der Waals surface area contributed by atoms with Crippen molar-refractivity contribution in [3.05, 3.63) is 29.3 Å². The lowest BCUT2D eigenvalue weighted by molar-refractivity contribution is 0.170. The van der Waals surface area contributed by atoms with E-state index < -0.39 is 0 Å². The van der Waals surface area contributed by atoms with Crippen molar-refractivity contribution in [2.75, 3.05) is 6.61 Å². The van der Waals surface area contributed by atoms with Crippen molar-refractivity contribution < 1.29 is 9.84 Å². The Bertz CT molecular complexity index is 256. The van der Waals surface area contributed by atoms with E-state index in [9.17, 15) is 0 Å². The highest BCUT2D eigenvalue weighted by Crippen LogP contribution is 2.15. The summed E-state index contributed by atoms with van der Waals surface area (Å²) in [6.07, 6.45) is 1.39. The number of rotatable bonds is 5. The van der Waals surface area contributed by atoms with Gasteiger partial charge in [-0.1, -0.05) is 11.6 Å². The van der Waals surface area contributed by atoms with Crippen molar-refractivity contribution in [1.82, 2.24) is 0 Å². The zero-order valence-corrected chi connectivity index (χ0v) is 9.00. The van der Waals surface area contributed by atoms with Gasteiger partial charge in [-0.15, -0.1) is 0 Å². The van der Waals surface area contributed by atoms with Gasteiger partial charge in [-0.2, -0.15) is 0 Å². The first-order chi connectivity index (χ1) is 6.68. The van der Waals surface area contributed by atoms with Gasteiger partial charge in [-0.05, 0) is 44.0 Å². The first-order valence-corrected chi connectivity index (χ1v) is 5.12. The van der Waals surface area contributed by atoms with Crippen LogP contribution >= 0.6 is 11.6 Å². The van der Waals surface area contributed by atoms with Gasteiger partial charge in [-0.25, -0.2) is 0 Å². The van der Waals surface area contributed by atoms with E-state index in [4.69, 9.17) is 21.4 Å². The number of aliphatic hydroxyl groups is 1. The molecule has 0 amide bonds. The van der Waals surface area contributed by atoms with E-state index in [2.05, 4.69) is 0 Å². The van der Waals surface area contributed by atoms with Crippen molar-refractivity contribution >= 4 is 11.6 Å². The van der Waals surface area contributed by atoms with Gasteiger partial charge < -0.3 is 9.84 Å². The standard InChI is InChI=1S/C11H15ClO2/c1-9(13)3-2-8-14-11-6-4-10(12)5-7-11/h4-7,9,13H,2-3,8H2,1H3. The number of hydrogen-bond acceptors (Lipinski definition) is 2. The number of benzene rings is 1. The van der Waals surface area contributed by atoms with Crippen LogP contribution in [0.4, 0.5) is 0 Å². The summed E-state index contributed by atoms with van der Waals surface area (Å²) in [4.78, 5) is 0. The van der Waals surface area contributed by atoms with Crippen molar-refractivity contribution in [1.29, 1.82) is 0 Å². The van der Waals surface area contributed by atoms with Crippen LogP contribution in [0.25, 0.3) is 0 Å². The fourth-order valence-corrected chi connectivity index (χ4v) is 1.23. The SMILES string of the molecule is CC(O)CCCOc1ccc(Cl)cc1. The molecule has 2 nitrogen and oxygen atoms in total. The normalized spacial score (nSPS) is 12.5. The fourth-order valence-electron chi connectivity index (χ4n) is 1.10. The highest BCUT2D eigenvalue weighted by Gasteiger charge is 1.96. The molecular weight excluding hydrogens is 200 g/mol.